The maximum absolute atomic E-state index is 12.8. The molecule has 160 valence electrons. The monoisotopic (exact) mass is 451 g/mol. The molecule has 0 spiro atoms. The van der Waals surface area contributed by atoms with Gasteiger partial charge in [-0.1, -0.05) is 0 Å². The van der Waals surface area contributed by atoms with Crippen LogP contribution in [-0.2, 0) is 21.0 Å². The molecule has 3 rings (SSSR count). The van der Waals surface area contributed by atoms with Crippen molar-refractivity contribution in [3.8, 4) is 10.4 Å². The third kappa shape index (κ3) is 5.53. The maximum Gasteiger partial charge on any atom is 0.433 e. The lowest BCUT2D eigenvalue weighted by Crippen LogP contribution is -2.34. The Morgan fingerprint density at radius 2 is 1.93 bits per heavy atom. The minimum atomic E-state index is -4.50. The Bertz CT molecular complexity index is 928. The fourth-order valence-electron chi connectivity index (χ4n) is 2.80. The van der Waals surface area contributed by atoms with Crippen LogP contribution in [0.15, 0.2) is 34.7 Å². The van der Waals surface area contributed by atoms with Crippen LogP contribution in [0.5, 0.6) is 0 Å². The number of hydrogen-bond donors (Lipinski definition) is 1. The quantitative estimate of drug-likeness (QED) is 0.719. The van der Waals surface area contributed by atoms with Crippen molar-refractivity contribution in [3.05, 3.63) is 36.2 Å². The summed E-state index contributed by atoms with van der Waals surface area (Å²) in [7, 11) is 0.238. The summed E-state index contributed by atoms with van der Waals surface area (Å²) in [6.07, 6.45) is -2.61. The van der Waals surface area contributed by atoms with Crippen molar-refractivity contribution in [1.29, 1.82) is 0 Å². The number of aromatic nitrogens is 1. The average molecular weight is 451 g/mol. The van der Waals surface area contributed by atoms with Gasteiger partial charge >= 0.3 is 6.18 Å². The molecule has 1 N–H and O–H groups in total. The Balaban J connectivity index is 0.000000941. The van der Waals surface area contributed by atoms with Gasteiger partial charge in [0.1, 0.15) is 9.90 Å². The van der Waals surface area contributed by atoms with E-state index < -0.39 is 21.9 Å². The van der Waals surface area contributed by atoms with E-state index in [2.05, 4.69) is 4.98 Å². The lowest BCUT2D eigenvalue weighted by Gasteiger charge is -2.19. The molecule has 2 aromatic rings. The number of thiophene rings is 1. The summed E-state index contributed by atoms with van der Waals surface area (Å²) in [5.74, 6) is 0. The summed E-state index contributed by atoms with van der Waals surface area (Å²) in [6, 6.07) is 5.47. The molecule has 2 aromatic heterocycles. The lowest BCUT2D eigenvalue weighted by atomic mass is 10.2. The van der Waals surface area contributed by atoms with Crippen molar-refractivity contribution in [2.45, 2.75) is 22.8 Å². The highest BCUT2D eigenvalue weighted by molar-refractivity contribution is 7.91. The Labute approximate surface area is 170 Å². The molecular formula is C17H20F3N3O4S2. The van der Waals surface area contributed by atoms with E-state index in [1.165, 1.54) is 16.4 Å². The fraction of sp³-hybridized carbons (Fsp3) is 0.412. The number of rotatable bonds is 4. The van der Waals surface area contributed by atoms with Gasteiger partial charge in [-0.2, -0.15) is 17.5 Å². The van der Waals surface area contributed by atoms with Gasteiger partial charge in [0.2, 0.25) is 0 Å². The van der Waals surface area contributed by atoms with E-state index in [1.54, 1.807) is 6.07 Å². The molecule has 0 amide bonds. The van der Waals surface area contributed by atoms with Crippen LogP contribution >= 0.6 is 11.3 Å². The standard InChI is InChI=1S/C16H18F3N3O2S2.CH2O2/c1-21(2)12-7-8-22(10-12)26(23,24)15-6-4-13(25-15)11-3-5-14(20-9-11)16(17,18)19;2-1-3/h3-6,9,12H,7-8,10H2,1-2H3;1H,(H,2,3). The highest BCUT2D eigenvalue weighted by Gasteiger charge is 2.35. The Morgan fingerprint density at radius 1 is 1.28 bits per heavy atom. The van der Waals surface area contributed by atoms with Crippen LogP contribution in [0.4, 0.5) is 13.2 Å². The van der Waals surface area contributed by atoms with Gasteiger partial charge in [0.15, 0.2) is 0 Å². The van der Waals surface area contributed by atoms with Crippen molar-refractivity contribution < 1.29 is 31.5 Å². The fourth-order valence-corrected chi connectivity index (χ4v) is 5.74. The van der Waals surface area contributed by atoms with E-state index in [1.807, 2.05) is 19.0 Å². The smallest absolute Gasteiger partial charge is 0.433 e. The summed E-state index contributed by atoms with van der Waals surface area (Å²) in [5, 5.41) is 6.89. The van der Waals surface area contributed by atoms with Crippen LogP contribution in [-0.4, -0.2) is 67.4 Å². The van der Waals surface area contributed by atoms with Crippen molar-refractivity contribution in [2.24, 2.45) is 0 Å². The number of hydrogen-bond acceptors (Lipinski definition) is 6. The largest absolute Gasteiger partial charge is 0.483 e. The minimum Gasteiger partial charge on any atom is -0.483 e. The van der Waals surface area contributed by atoms with Crippen molar-refractivity contribution in [1.82, 2.24) is 14.2 Å². The molecule has 0 saturated carbocycles. The van der Waals surface area contributed by atoms with E-state index in [4.69, 9.17) is 9.90 Å². The zero-order valence-corrected chi connectivity index (χ0v) is 17.3. The second-order valence-electron chi connectivity index (χ2n) is 6.42. The maximum atomic E-state index is 12.8. The first kappa shape index (κ1) is 23.3. The minimum absolute atomic E-state index is 0.184. The van der Waals surface area contributed by atoms with Gasteiger partial charge in [-0.3, -0.25) is 9.78 Å². The number of carboxylic acid groups (broad SMARTS) is 1. The summed E-state index contributed by atoms with van der Waals surface area (Å²) in [5.41, 5.74) is -0.519. The molecule has 7 nitrogen and oxygen atoms in total. The zero-order chi connectivity index (χ0) is 21.8. The summed E-state index contributed by atoms with van der Waals surface area (Å²) in [4.78, 5) is 14.3. The van der Waals surface area contributed by atoms with E-state index in [-0.39, 0.29) is 16.7 Å². The second kappa shape index (κ2) is 9.20. The predicted molar refractivity (Wildman–Crippen MR) is 102 cm³/mol. The van der Waals surface area contributed by atoms with Gasteiger partial charge in [0.25, 0.3) is 16.5 Å². The summed E-state index contributed by atoms with van der Waals surface area (Å²) in [6.45, 7) is 0.644. The molecule has 29 heavy (non-hydrogen) atoms. The topological polar surface area (TPSA) is 90.8 Å². The first-order valence-electron chi connectivity index (χ1n) is 8.38. The van der Waals surface area contributed by atoms with Gasteiger partial charge in [0, 0.05) is 35.8 Å². The Morgan fingerprint density at radius 3 is 2.41 bits per heavy atom. The van der Waals surface area contributed by atoms with E-state index >= 15 is 0 Å². The number of sulfonamides is 1. The number of alkyl halides is 3. The molecular weight excluding hydrogens is 431 g/mol. The molecule has 1 saturated heterocycles. The molecule has 1 unspecified atom stereocenters. The molecule has 1 aliphatic rings. The van der Waals surface area contributed by atoms with Gasteiger partial charge in [-0.25, -0.2) is 8.42 Å². The number of pyridine rings is 1. The van der Waals surface area contributed by atoms with Crippen LogP contribution in [0.3, 0.4) is 0 Å². The molecule has 0 aromatic carbocycles. The Hall–Kier alpha value is -2.02. The first-order chi connectivity index (χ1) is 13.5. The molecule has 3 heterocycles. The summed E-state index contributed by atoms with van der Waals surface area (Å²) >= 11 is 1.04. The van der Waals surface area contributed by atoms with Gasteiger partial charge < -0.3 is 10.0 Å². The van der Waals surface area contributed by atoms with Crippen LogP contribution < -0.4 is 0 Å². The van der Waals surface area contributed by atoms with Crippen LogP contribution in [0.2, 0.25) is 0 Å². The summed E-state index contributed by atoms with van der Waals surface area (Å²) < 4.78 is 65.0. The van der Waals surface area contributed by atoms with Gasteiger partial charge in [-0.05, 0) is 44.8 Å². The van der Waals surface area contributed by atoms with Crippen LogP contribution in [0.25, 0.3) is 10.4 Å². The van der Waals surface area contributed by atoms with E-state index in [0.717, 1.165) is 30.0 Å². The SMILES string of the molecule is CN(C)C1CCN(S(=O)(=O)c2ccc(-c3ccc(C(F)(F)F)nc3)s2)C1.O=CO. The predicted octanol–water partition coefficient (Wildman–Crippen LogP) is 2.85. The van der Waals surface area contributed by atoms with E-state index in [9.17, 15) is 21.6 Å². The molecule has 0 aliphatic carbocycles. The molecule has 0 bridgehead atoms. The molecule has 1 aliphatic heterocycles. The highest BCUT2D eigenvalue weighted by atomic mass is 32.2. The third-order valence-electron chi connectivity index (χ3n) is 4.37. The highest BCUT2D eigenvalue weighted by Crippen LogP contribution is 2.34. The average Bonchev–Trinajstić information content (AvgIpc) is 3.32. The van der Waals surface area contributed by atoms with Crippen molar-refractivity contribution >= 4 is 27.8 Å². The lowest BCUT2D eigenvalue weighted by molar-refractivity contribution is -0.141. The van der Waals surface area contributed by atoms with Crippen molar-refractivity contribution in [2.75, 3.05) is 27.2 Å². The number of likely N-dealkylation sites (N-methyl/N-ethyl adjacent to an activating group) is 1. The van der Waals surface area contributed by atoms with E-state index in [0.29, 0.717) is 23.5 Å². The van der Waals surface area contributed by atoms with Crippen LogP contribution in [0, 0.1) is 0 Å². The van der Waals surface area contributed by atoms with Crippen molar-refractivity contribution in [3.63, 3.8) is 0 Å². The normalized spacial score (nSPS) is 17.8. The van der Waals surface area contributed by atoms with Gasteiger partial charge in [0.05, 0.1) is 0 Å². The molecule has 0 radical (unpaired) electrons. The van der Waals surface area contributed by atoms with Gasteiger partial charge in [-0.15, -0.1) is 11.3 Å². The number of halogens is 3. The Kier molecular flexibility index (Phi) is 7.38. The number of carbonyl (C=O) groups is 1. The molecule has 1 fully saturated rings. The molecule has 12 heteroatoms. The first-order valence-corrected chi connectivity index (χ1v) is 10.6. The zero-order valence-electron chi connectivity index (χ0n) is 15.6. The third-order valence-corrected chi connectivity index (χ3v) is 7.84. The number of nitrogens with zero attached hydrogens (tertiary/aromatic N) is 3. The van der Waals surface area contributed by atoms with Crippen LogP contribution in [0.1, 0.15) is 12.1 Å². The molecule has 1 atom stereocenters. The second-order valence-corrected chi connectivity index (χ2v) is 9.67.